The van der Waals surface area contributed by atoms with Gasteiger partial charge in [0.2, 0.25) is 0 Å². The lowest BCUT2D eigenvalue weighted by Gasteiger charge is -2.10. The van der Waals surface area contributed by atoms with Crippen molar-refractivity contribution in [2.75, 3.05) is 6.61 Å². The van der Waals surface area contributed by atoms with Crippen molar-refractivity contribution in [3.8, 4) is 0 Å². The van der Waals surface area contributed by atoms with E-state index in [0.717, 1.165) is 19.3 Å². The molecule has 0 unspecified atom stereocenters. The van der Waals surface area contributed by atoms with E-state index in [1.807, 2.05) is 0 Å². The van der Waals surface area contributed by atoms with Crippen LogP contribution in [-0.2, 0) is 16.1 Å². The molecule has 210 valence electrons. The molecule has 0 N–H and O–H groups in total. The molecular formula is C31H41F3O4. The van der Waals surface area contributed by atoms with E-state index >= 15 is 0 Å². The van der Waals surface area contributed by atoms with Gasteiger partial charge in [0.1, 0.15) is 12.4 Å². The minimum Gasteiger partial charge on any atom is -0.462 e. The molecule has 0 saturated heterocycles. The molecule has 38 heavy (non-hydrogen) atoms. The number of unbranched alkanes of at least 4 members (excludes halogenated alkanes) is 13. The molecule has 0 aliphatic rings. The second kappa shape index (κ2) is 18.4. The number of halogens is 3. The SMILES string of the molecule is CCCCCCCCCCCCCCCCOC(=O)c1ccccc1C(=O)OCc1cc(F)c(F)cc1F. The van der Waals surface area contributed by atoms with Gasteiger partial charge in [-0.15, -0.1) is 0 Å². The Labute approximate surface area is 224 Å². The van der Waals surface area contributed by atoms with Crippen LogP contribution in [0.3, 0.4) is 0 Å². The zero-order chi connectivity index (χ0) is 27.6. The quantitative estimate of drug-likeness (QED) is 0.102. The maximum absolute atomic E-state index is 13.8. The Morgan fingerprint density at radius 1 is 0.605 bits per heavy atom. The van der Waals surface area contributed by atoms with E-state index in [9.17, 15) is 22.8 Å². The first-order valence-corrected chi connectivity index (χ1v) is 14.0. The van der Waals surface area contributed by atoms with E-state index in [2.05, 4.69) is 6.92 Å². The summed E-state index contributed by atoms with van der Waals surface area (Å²) in [6.07, 6.45) is 17.2. The van der Waals surface area contributed by atoms with Crippen molar-refractivity contribution < 1.29 is 32.2 Å². The number of carbonyl (C=O) groups is 2. The van der Waals surface area contributed by atoms with Crippen LogP contribution in [0, 0.1) is 17.5 Å². The topological polar surface area (TPSA) is 52.6 Å². The third kappa shape index (κ3) is 11.7. The fourth-order valence-corrected chi connectivity index (χ4v) is 4.27. The van der Waals surface area contributed by atoms with Crippen LogP contribution in [0.2, 0.25) is 0 Å². The molecule has 0 heterocycles. The average molecular weight is 535 g/mol. The van der Waals surface area contributed by atoms with Crippen LogP contribution in [0.15, 0.2) is 36.4 Å². The monoisotopic (exact) mass is 534 g/mol. The van der Waals surface area contributed by atoms with E-state index in [4.69, 9.17) is 9.47 Å². The number of benzene rings is 2. The van der Waals surface area contributed by atoms with E-state index in [-0.39, 0.29) is 23.3 Å². The first-order chi connectivity index (χ1) is 18.4. The second-order valence-electron chi connectivity index (χ2n) is 9.71. The highest BCUT2D eigenvalue weighted by molar-refractivity contribution is 6.03. The number of carbonyl (C=O) groups excluding carboxylic acids is 2. The van der Waals surface area contributed by atoms with Gasteiger partial charge >= 0.3 is 11.9 Å². The predicted molar refractivity (Wildman–Crippen MR) is 142 cm³/mol. The van der Waals surface area contributed by atoms with E-state index in [0.29, 0.717) is 12.1 Å². The van der Waals surface area contributed by atoms with Gasteiger partial charge in [0.25, 0.3) is 0 Å². The first kappa shape index (κ1) is 31.4. The Morgan fingerprint density at radius 2 is 1.05 bits per heavy atom. The van der Waals surface area contributed by atoms with E-state index in [1.54, 1.807) is 12.1 Å². The molecule has 2 rings (SSSR count). The Kier molecular flexibility index (Phi) is 15.2. The van der Waals surface area contributed by atoms with Crippen LogP contribution < -0.4 is 0 Å². The fraction of sp³-hybridized carbons (Fsp3) is 0.548. The highest BCUT2D eigenvalue weighted by Gasteiger charge is 2.20. The normalized spacial score (nSPS) is 10.9. The molecular weight excluding hydrogens is 493 g/mol. The van der Waals surface area contributed by atoms with Gasteiger partial charge in [-0.25, -0.2) is 22.8 Å². The molecule has 0 saturated carbocycles. The zero-order valence-electron chi connectivity index (χ0n) is 22.5. The Morgan fingerprint density at radius 3 is 1.58 bits per heavy atom. The number of esters is 2. The van der Waals surface area contributed by atoms with Gasteiger partial charge in [-0.2, -0.15) is 0 Å². The third-order valence-electron chi connectivity index (χ3n) is 6.55. The summed E-state index contributed by atoms with van der Waals surface area (Å²) in [7, 11) is 0. The van der Waals surface area contributed by atoms with Gasteiger partial charge < -0.3 is 9.47 Å². The van der Waals surface area contributed by atoms with Crippen LogP contribution in [-0.4, -0.2) is 18.5 Å². The molecule has 0 aliphatic heterocycles. The molecule has 2 aromatic carbocycles. The van der Waals surface area contributed by atoms with Crippen LogP contribution in [0.25, 0.3) is 0 Å². The second-order valence-corrected chi connectivity index (χ2v) is 9.71. The highest BCUT2D eigenvalue weighted by Crippen LogP contribution is 2.18. The number of ether oxygens (including phenoxy) is 2. The summed E-state index contributed by atoms with van der Waals surface area (Å²) < 4.78 is 50.6. The standard InChI is InChI=1S/C31H41F3O4/c1-2-3-4-5-6-7-8-9-10-11-12-13-14-17-20-37-30(35)25-18-15-16-19-26(25)31(36)38-23-24-21-28(33)29(34)22-27(24)32/h15-16,18-19,21-22H,2-14,17,20,23H2,1H3. The summed E-state index contributed by atoms with van der Waals surface area (Å²) in [5.41, 5.74) is -0.315. The Hall–Kier alpha value is -2.83. The third-order valence-corrected chi connectivity index (χ3v) is 6.55. The summed E-state index contributed by atoms with van der Waals surface area (Å²) >= 11 is 0. The molecule has 2 aromatic rings. The van der Waals surface area contributed by atoms with Crippen molar-refractivity contribution in [3.63, 3.8) is 0 Å². The molecule has 0 fully saturated rings. The van der Waals surface area contributed by atoms with Gasteiger partial charge in [0.15, 0.2) is 11.6 Å². The minimum absolute atomic E-state index is 0.0358. The number of hydrogen-bond acceptors (Lipinski definition) is 4. The van der Waals surface area contributed by atoms with Crippen LogP contribution in [0.4, 0.5) is 13.2 Å². The van der Waals surface area contributed by atoms with Crippen LogP contribution in [0.5, 0.6) is 0 Å². The van der Waals surface area contributed by atoms with Gasteiger partial charge in [-0.1, -0.05) is 103 Å². The summed E-state index contributed by atoms with van der Waals surface area (Å²) in [6, 6.07) is 7.01. The molecule has 0 aromatic heterocycles. The molecule has 0 radical (unpaired) electrons. The van der Waals surface area contributed by atoms with Gasteiger partial charge in [-0.3, -0.25) is 0 Å². The molecule has 4 nitrogen and oxygen atoms in total. The summed E-state index contributed by atoms with van der Waals surface area (Å²) in [5, 5.41) is 0. The maximum Gasteiger partial charge on any atom is 0.339 e. The van der Waals surface area contributed by atoms with Crippen LogP contribution in [0.1, 0.15) is 123 Å². The van der Waals surface area contributed by atoms with Gasteiger partial charge in [0.05, 0.1) is 17.7 Å². The van der Waals surface area contributed by atoms with Crippen molar-refractivity contribution in [3.05, 3.63) is 70.5 Å². The van der Waals surface area contributed by atoms with Crippen molar-refractivity contribution in [2.45, 2.75) is 103 Å². The largest absolute Gasteiger partial charge is 0.462 e. The minimum atomic E-state index is -1.33. The Bertz CT molecular complexity index is 993. The van der Waals surface area contributed by atoms with E-state index in [1.165, 1.54) is 82.8 Å². The smallest absolute Gasteiger partial charge is 0.339 e. The van der Waals surface area contributed by atoms with Gasteiger partial charge in [0, 0.05) is 11.6 Å². The average Bonchev–Trinajstić information content (AvgIpc) is 2.91. The first-order valence-electron chi connectivity index (χ1n) is 14.0. The summed E-state index contributed by atoms with van der Waals surface area (Å²) in [4.78, 5) is 25.0. The lowest BCUT2D eigenvalue weighted by molar-refractivity contribution is 0.0433. The summed E-state index contributed by atoms with van der Waals surface area (Å²) in [5.74, 6) is -5.14. The fourth-order valence-electron chi connectivity index (χ4n) is 4.27. The van der Waals surface area contributed by atoms with Crippen molar-refractivity contribution in [2.24, 2.45) is 0 Å². The molecule has 0 bridgehead atoms. The maximum atomic E-state index is 13.8. The Balaban J connectivity index is 1.62. The predicted octanol–water partition coefficient (Wildman–Crippen LogP) is 9.10. The molecule has 0 amide bonds. The van der Waals surface area contributed by atoms with Crippen molar-refractivity contribution >= 4 is 11.9 Å². The molecule has 0 aliphatic carbocycles. The summed E-state index contributed by atoms with van der Waals surface area (Å²) in [6.45, 7) is 1.88. The highest BCUT2D eigenvalue weighted by atomic mass is 19.2. The number of rotatable bonds is 19. The van der Waals surface area contributed by atoms with Crippen molar-refractivity contribution in [1.29, 1.82) is 0 Å². The molecule has 0 atom stereocenters. The van der Waals surface area contributed by atoms with Crippen LogP contribution >= 0.6 is 0 Å². The molecule has 0 spiro atoms. The number of hydrogen-bond donors (Lipinski definition) is 0. The van der Waals surface area contributed by atoms with Gasteiger partial charge in [-0.05, 0) is 24.6 Å². The zero-order valence-corrected chi connectivity index (χ0v) is 22.5. The lowest BCUT2D eigenvalue weighted by atomic mass is 10.0. The van der Waals surface area contributed by atoms with Crippen molar-refractivity contribution in [1.82, 2.24) is 0 Å². The van der Waals surface area contributed by atoms with E-state index < -0.39 is 36.0 Å². The lowest BCUT2D eigenvalue weighted by Crippen LogP contribution is -2.15. The molecule has 7 heteroatoms.